The molecule has 3 aromatic rings. The molecule has 0 aliphatic carbocycles. The molecule has 0 spiro atoms. The Bertz CT molecular complexity index is 993. The first-order chi connectivity index (χ1) is 13.4. The lowest BCUT2D eigenvalue weighted by molar-refractivity contribution is 0.0911. The highest BCUT2D eigenvalue weighted by Crippen LogP contribution is 2.30. The first-order valence-corrected chi connectivity index (χ1v) is 8.70. The van der Waals surface area contributed by atoms with Crippen molar-refractivity contribution < 1.29 is 23.4 Å². The molecule has 28 heavy (non-hydrogen) atoms. The Morgan fingerprint density at radius 1 is 1.25 bits per heavy atom. The van der Waals surface area contributed by atoms with Crippen LogP contribution in [0.5, 0.6) is 5.75 Å². The first-order valence-electron chi connectivity index (χ1n) is 8.32. The number of halogens is 3. The number of carbonyl (C=O) groups excluding carboxylic acids is 1. The van der Waals surface area contributed by atoms with Gasteiger partial charge in [0.2, 0.25) is 0 Å². The van der Waals surface area contributed by atoms with E-state index in [0.29, 0.717) is 16.8 Å². The maximum absolute atomic E-state index is 13.7. The van der Waals surface area contributed by atoms with Crippen molar-refractivity contribution in [3.63, 3.8) is 0 Å². The highest BCUT2D eigenvalue weighted by molar-refractivity contribution is 6.33. The predicted octanol–water partition coefficient (Wildman–Crippen LogP) is 3.88. The van der Waals surface area contributed by atoms with Gasteiger partial charge >= 0.3 is 0 Å². The highest BCUT2D eigenvalue weighted by Gasteiger charge is 2.19. The largest absolute Gasteiger partial charge is 0.496 e. The fraction of sp³-hybridized carbons (Fsp3) is 0.150. The molecule has 1 amide bonds. The molecule has 1 atom stereocenters. The van der Waals surface area contributed by atoms with E-state index in [9.17, 15) is 18.7 Å². The van der Waals surface area contributed by atoms with Gasteiger partial charge in [-0.15, -0.1) is 0 Å². The summed E-state index contributed by atoms with van der Waals surface area (Å²) in [5.74, 6) is -1.91. The molecule has 2 N–H and O–H groups in total. The number of aromatic nitrogens is 1. The Labute approximate surface area is 165 Å². The SMILES string of the molecule is COc1cc(-n2cccc2)c(Cl)cc1C(=O)NCC(O)c1ccc(F)cc1F. The Morgan fingerprint density at radius 3 is 2.61 bits per heavy atom. The van der Waals surface area contributed by atoms with E-state index in [4.69, 9.17) is 16.3 Å². The van der Waals surface area contributed by atoms with Crippen molar-refractivity contribution in [2.24, 2.45) is 0 Å². The molecular weight excluding hydrogens is 390 g/mol. The Kier molecular flexibility index (Phi) is 5.96. The number of ether oxygens (including phenoxy) is 1. The topological polar surface area (TPSA) is 63.5 Å². The zero-order valence-corrected chi connectivity index (χ0v) is 15.6. The van der Waals surface area contributed by atoms with Crippen molar-refractivity contribution in [1.82, 2.24) is 9.88 Å². The second-order valence-electron chi connectivity index (χ2n) is 5.99. The lowest BCUT2D eigenvalue weighted by atomic mass is 10.1. The van der Waals surface area contributed by atoms with E-state index in [1.807, 2.05) is 12.1 Å². The summed E-state index contributed by atoms with van der Waals surface area (Å²) >= 11 is 6.30. The Hall–Kier alpha value is -2.90. The van der Waals surface area contributed by atoms with Crippen LogP contribution in [-0.4, -0.2) is 29.2 Å². The van der Waals surface area contributed by atoms with Gasteiger partial charge in [0, 0.05) is 36.6 Å². The monoisotopic (exact) mass is 406 g/mol. The number of methoxy groups -OCH3 is 1. The van der Waals surface area contributed by atoms with Gasteiger partial charge in [0.05, 0.1) is 29.5 Å². The summed E-state index contributed by atoms with van der Waals surface area (Å²) in [5, 5.41) is 12.9. The van der Waals surface area contributed by atoms with E-state index < -0.39 is 23.6 Å². The molecule has 0 fully saturated rings. The molecule has 8 heteroatoms. The molecule has 1 aromatic heterocycles. The molecule has 0 bridgehead atoms. The number of aliphatic hydroxyl groups is 1. The van der Waals surface area contributed by atoms with Gasteiger partial charge in [-0.1, -0.05) is 17.7 Å². The van der Waals surface area contributed by atoms with Crippen molar-refractivity contribution >= 4 is 17.5 Å². The standard InChI is InChI=1S/C20H17ClF2N2O3/c1-28-19-10-17(25-6-2-3-7-25)15(21)9-14(19)20(27)24-11-18(26)13-5-4-12(22)8-16(13)23/h2-10,18,26H,11H2,1H3,(H,24,27). The van der Waals surface area contributed by atoms with Crippen LogP contribution < -0.4 is 10.1 Å². The summed E-state index contributed by atoms with van der Waals surface area (Å²) in [7, 11) is 1.42. The molecular formula is C20H17ClF2N2O3. The molecule has 0 radical (unpaired) electrons. The molecule has 1 heterocycles. The molecule has 3 rings (SSSR count). The maximum atomic E-state index is 13.7. The second-order valence-corrected chi connectivity index (χ2v) is 6.39. The van der Waals surface area contributed by atoms with E-state index in [2.05, 4.69) is 5.32 Å². The highest BCUT2D eigenvalue weighted by atomic mass is 35.5. The minimum atomic E-state index is -1.34. The molecule has 5 nitrogen and oxygen atoms in total. The third kappa shape index (κ3) is 4.16. The van der Waals surface area contributed by atoms with Crippen LogP contribution >= 0.6 is 11.6 Å². The van der Waals surface area contributed by atoms with Gasteiger partial charge in [-0.2, -0.15) is 0 Å². The number of aliphatic hydroxyl groups excluding tert-OH is 1. The van der Waals surface area contributed by atoms with Crippen LogP contribution in [0, 0.1) is 11.6 Å². The number of benzene rings is 2. The van der Waals surface area contributed by atoms with E-state index in [0.717, 1.165) is 12.1 Å². The number of hydrogen-bond acceptors (Lipinski definition) is 3. The second kappa shape index (κ2) is 8.41. The van der Waals surface area contributed by atoms with Gasteiger partial charge in [0.25, 0.3) is 5.91 Å². The van der Waals surface area contributed by atoms with Gasteiger partial charge in [-0.05, 0) is 24.3 Å². The van der Waals surface area contributed by atoms with E-state index in [1.165, 1.54) is 13.2 Å². The van der Waals surface area contributed by atoms with Gasteiger partial charge < -0.3 is 19.7 Å². The molecule has 0 saturated heterocycles. The van der Waals surface area contributed by atoms with Crippen molar-refractivity contribution in [3.05, 3.63) is 82.6 Å². The summed E-state index contributed by atoms with van der Waals surface area (Å²) in [6, 6.07) is 9.57. The zero-order valence-electron chi connectivity index (χ0n) is 14.8. The molecule has 0 aliphatic heterocycles. The normalized spacial score (nSPS) is 11.9. The van der Waals surface area contributed by atoms with Crippen molar-refractivity contribution in [2.45, 2.75) is 6.10 Å². The first kappa shape index (κ1) is 19.9. The third-order valence-corrected chi connectivity index (χ3v) is 4.48. The third-order valence-electron chi connectivity index (χ3n) is 4.17. The van der Waals surface area contributed by atoms with Crippen molar-refractivity contribution in [3.8, 4) is 11.4 Å². The van der Waals surface area contributed by atoms with Crippen LogP contribution in [0.1, 0.15) is 22.0 Å². The minimum absolute atomic E-state index is 0.116. The summed E-state index contributed by atoms with van der Waals surface area (Å²) in [5.41, 5.74) is 0.679. The minimum Gasteiger partial charge on any atom is -0.496 e. The van der Waals surface area contributed by atoms with Crippen LogP contribution in [0.2, 0.25) is 5.02 Å². The fourth-order valence-electron chi connectivity index (χ4n) is 2.75. The van der Waals surface area contributed by atoms with Crippen molar-refractivity contribution in [2.75, 3.05) is 13.7 Å². The fourth-order valence-corrected chi connectivity index (χ4v) is 3.01. The van der Waals surface area contributed by atoms with Crippen molar-refractivity contribution in [1.29, 1.82) is 0 Å². The Balaban J connectivity index is 1.77. The zero-order chi connectivity index (χ0) is 20.3. The van der Waals surface area contributed by atoms with Gasteiger partial charge in [-0.3, -0.25) is 4.79 Å². The predicted molar refractivity (Wildman–Crippen MR) is 101 cm³/mol. The molecule has 0 saturated carbocycles. The van der Waals surface area contributed by atoms with E-state index >= 15 is 0 Å². The quantitative estimate of drug-likeness (QED) is 0.653. The molecule has 0 aliphatic rings. The Morgan fingerprint density at radius 2 is 1.96 bits per heavy atom. The summed E-state index contributed by atoms with van der Waals surface area (Å²) in [4.78, 5) is 12.5. The van der Waals surface area contributed by atoms with Crippen LogP contribution in [0.3, 0.4) is 0 Å². The van der Waals surface area contributed by atoms with Crippen LogP contribution in [-0.2, 0) is 0 Å². The van der Waals surface area contributed by atoms with Gasteiger partial charge in [-0.25, -0.2) is 8.78 Å². The lowest BCUT2D eigenvalue weighted by Crippen LogP contribution is -2.29. The summed E-state index contributed by atoms with van der Waals surface area (Å²) < 4.78 is 33.8. The summed E-state index contributed by atoms with van der Waals surface area (Å²) in [6.07, 6.45) is 2.26. The number of carbonyl (C=O) groups is 1. The average molecular weight is 407 g/mol. The maximum Gasteiger partial charge on any atom is 0.255 e. The number of hydrogen-bond donors (Lipinski definition) is 2. The number of nitrogens with zero attached hydrogens (tertiary/aromatic N) is 1. The van der Waals surface area contributed by atoms with Crippen LogP contribution in [0.25, 0.3) is 5.69 Å². The lowest BCUT2D eigenvalue weighted by Gasteiger charge is -2.16. The number of rotatable bonds is 6. The van der Waals surface area contributed by atoms with Crippen LogP contribution in [0.4, 0.5) is 8.78 Å². The molecule has 2 aromatic carbocycles. The molecule has 1 unspecified atom stereocenters. The van der Waals surface area contributed by atoms with Gasteiger partial charge in [0.15, 0.2) is 0 Å². The number of amides is 1. The summed E-state index contributed by atoms with van der Waals surface area (Å²) in [6.45, 7) is -0.276. The van der Waals surface area contributed by atoms with Crippen LogP contribution in [0.15, 0.2) is 54.9 Å². The average Bonchev–Trinajstić information content (AvgIpc) is 3.20. The van der Waals surface area contributed by atoms with E-state index in [-0.39, 0.29) is 23.4 Å². The smallest absolute Gasteiger partial charge is 0.255 e. The van der Waals surface area contributed by atoms with E-state index in [1.54, 1.807) is 23.0 Å². The van der Waals surface area contributed by atoms with Gasteiger partial charge in [0.1, 0.15) is 17.4 Å². The molecule has 146 valence electrons. The number of nitrogens with one attached hydrogen (secondary N) is 1.